The largest absolute Gasteiger partial charge is 0.241 e. The summed E-state index contributed by atoms with van der Waals surface area (Å²) in [4.78, 5) is 8.17. The van der Waals surface area contributed by atoms with Crippen molar-refractivity contribution in [1.82, 2.24) is 9.97 Å². The fourth-order valence-electron chi connectivity index (χ4n) is 0.837. The predicted molar refractivity (Wildman–Crippen MR) is 63.5 cm³/mol. The van der Waals surface area contributed by atoms with Gasteiger partial charge in [-0.25, -0.2) is 9.97 Å². The van der Waals surface area contributed by atoms with E-state index in [1.165, 1.54) is 5.56 Å². The second-order valence-electron chi connectivity index (χ2n) is 2.39. The Kier molecular flexibility index (Phi) is 13.4. The fourth-order valence-corrected chi connectivity index (χ4v) is 0.837. The summed E-state index contributed by atoms with van der Waals surface area (Å²) in [7, 11) is 0. The Morgan fingerprint density at radius 3 is 1.79 bits per heavy atom. The first kappa shape index (κ1) is 15.5. The van der Waals surface area contributed by atoms with Gasteiger partial charge in [-0.05, 0) is 18.9 Å². The zero-order chi connectivity index (χ0) is 11.4. The van der Waals surface area contributed by atoms with Crippen LogP contribution in [0.1, 0.15) is 52.4 Å². The standard InChI is InChI=1S/C8H12N2.2C2H6/c1-3-4-8-5-9-7(2)10-6-8;2*1-2/h5-6H,3-4H2,1-2H3;2*1-2H3. The van der Waals surface area contributed by atoms with Crippen molar-refractivity contribution in [2.75, 3.05) is 0 Å². The lowest BCUT2D eigenvalue weighted by molar-refractivity contribution is 0.890. The summed E-state index contributed by atoms with van der Waals surface area (Å²) < 4.78 is 0. The Hall–Kier alpha value is -0.920. The summed E-state index contributed by atoms with van der Waals surface area (Å²) in [6.07, 6.45) is 6.03. The van der Waals surface area contributed by atoms with Crippen LogP contribution in [-0.2, 0) is 6.42 Å². The first-order chi connectivity index (χ1) is 6.83. The Labute approximate surface area is 88.8 Å². The fraction of sp³-hybridized carbons (Fsp3) is 0.667. The average Bonchev–Trinajstić information content (AvgIpc) is 2.28. The lowest BCUT2D eigenvalue weighted by Crippen LogP contribution is -1.90. The molecule has 2 nitrogen and oxygen atoms in total. The van der Waals surface area contributed by atoms with Crippen molar-refractivity contribution in [3.05, 3.63) is 23.8 Å². The summed E-state index contributed by atoms with van der Waals surface area (Å²) in [5.74, 6) is 0.847. The minimum absolute atomic E-state index is 0.847. The summed E-state index contributed by atoms with van der Waals surface area (Å²) in [6.45, 7) is 12.1. The van der Waals surface area contributed by atoms with E-state index < -0.39 is 0 Å². The van der Waals surface area contributed by atoms with Crippen LogP contribution in [-0.4, -0.2) is 9.97 Å². The average molecular weight is 196 g/mol. The van der Waals surface area contributed by atoms with Gasteiger partial charge in [-0.2, -0.15) is 0 Å². The highest BCUT2D eigenvalue weighted by atomic mass is 14.8. The van der Waals surface area contributed by atoms with E-state index in [4.69, 9.17) is 0 Å². The molecule has 0 radical (unpaired) electrons. The zero-order valence-corrected chi connectivity index (χ0v) is 10.5. The van der Waals surface area contributed by atoms with Gasteiger partial charge in [0, 0.05) is 12.4 Å². The Morgan fingerprint density at radius 1 is 1.00 bits per heavy atom. The van der Waals surface area contributed by atoms with E-state index in [2.05, 4.69) is 16.9 Å². The van der Waals surface area contributed by atoms with Gasteiger partial charge in [0.05, 0.1) is 0 Å². The highest BCUT2D eigenvalue weighted by Crippen LogP contribution is 1.98. The third kappa shape index (κ3) is 7.71. The molecule has 1 rings (SSSR count). The Balaban J connectivity index is 0. The van der Waals surface area contributed by atoms with E-state index in [-0.39, 0.29) is 0 Å². The molecule has 0 amide bonds. The smallest absolute Gasteiger partial charge is 0.125 e. The number of hydrogen-bond donors (Lipinski definition) is 0. The van der Waals surface area contributed by atoms with Crippen molar-refractivity contribution < 1.29 is 0 Å². The number of nitrogens with zero attached hydrogens (tertiary/aromatic N) is 2. The summed E-state index contributed by atoms with van der Waals surface area (Å²) in [6, 6.07) is 0. The monoisotopic (exact) mass is 196 g/mol. The molecule has 0 aliphatic rings. The summed E-state index contributed by atoms with van der Waals surface area (Å²) in [5, 5.41) is 0. The molecule has 0 spiro atoms. The molecular weight excluding hydrogens is 172 g/mol. The molecule has 1 aromatic rings. The Bertz CT molecular complexity index is 192. The molecule has 0 unspecified atom stereocenters. The van der Waals surface area contributed by atoms with Gasteiger partial charge in [-0.15, -0.1) is 0 Å². The third-order valence-electron chi connectivity index (χ3n) is 1.37. The van der Waals surface area contributed by atoms with Crippen LogP contribution in [0.15, 0.2) is 12.4 Å². The van der Waals surface area contributed by atoms with Crippen LogP contribution in [0.3, 0.4) is 0 Å². The molecule has 0 aliphatic heterocycles. The van der Waals surface area contributed by atoms with Crippen LogP contribution < -0.4 is 0 Å². The van der Waals surface area contributed by atoms with Crippen molar-refractivity contribution in [1.29, 1.82) is 0 Å². The highest BCUT2D eigenvalue weighted by Gasteiger charge is 1.90. The van der Waals surface area contributed by atoms with Crippen molar-refractivity contribution in [2.24, 2.45) is 0 Å². The molecule has 0 aromatic carbocycles. The molecule has 0 aliphatic carbocycles. The van der Waals surface area contributed by atoms with E-state index >= 15 is 0 Å². The van der Waals surface area contributed by atoms with Crippen LogP contribution >= 0.6 is 0 Å². The molecule has 0 atom stereocenters. The molecule has 82 valence electrons. The van der Waals surface area contributed by atoms with Crippen molar-refractivity contribution >= 4 is 0 Å². The number of rotatable bonds is 2. The summed E-state index contributed by atoms with van der Waals surface area (Å²) >= 11 is 0. The maximum absolute atomic E-state index is 4.09. The first-order valence-electron chi connectivity index (χ1n) is 5.60. The predicted octanol–water partition coefficient (Wildman–Crippen LogP) is 3.79. The topological polar surface area (TPSA) is 25.8 Å². The van der Waals surface area contributed by atoms with Gasteiger partial charge in [0.15, 0.2) is 0 Å². The molecule has 0 saturated carbocycles. The first-order valence-corrected chi connectivity index (χ1v) is 5.60. The second-order valence-corrected chi connectivity index (χ2v) is 2.39. The molecule has 0 N–H and O–H groups in total. The van der Waals surface area contributed by atoms with E-state index in [0.29, 0.717) is 0 Å². The van der Waals surface area contributed by atoms with Crippen molar-refractivity contribution in [2.45, 2.75) is 54.4 Å². The molecule has 14 heavy (non-hydrogen) atoms. The number of aromatic nitrogens is 2. The van der Waals surface area contributed by atoms with Crippen LogP contribution in [0.2, 0.25) is 0 Å². The normalized spacial score (nSPS) is 7.86. The van der Waals surface area contributed by atoms with Gasteiger partial charge in [0.25, 0.3) is 0 Å². The molecule has 0 fully saturated rings. The lowest BCUT2D eigenvalue weighted by Gasteiger charge is -1.95. The second kappa shape index (κ2) is 12.1. The molecule has 0 bridgehead atoms. The van der Waals surface area contributed by atoms with Gasteiger partial charge in [-0.1, -0.05) is 41.0 Å². The van der Waals surface area contributed by atoms with Crippen LogP contribution in [0.25, 0.3) is 0 Å². The molecule has 2 heteroatoms. The molecule has 1 aromatic heterocycles. The minimum Gasteiger partial charge on any atom is -0.241 e. The maximum Gasteiger partial charge on any atom is 0.125 e. The van der Waals surface area contributed by atoms with Crippen molar-refractivity contribution in [3.8, 4) is 0 Å². The molecule has 1 heterocycles. The molecular formula is C12H24N2. The van der Waals surface area contributed by atoms with Crippen molar-refractivity contribution in [3.63, 3.8) is 0 Å². The number of hydrogen-bond acceptors (Lipinski definition) is 2. The van der Waals surface area contributed by atoms with Crippen LogP contribution in [0.5, 0.6) is 0 Å². The minimum atomic E-state index is 0.847. The maximum atomic E-state index is 4.09. The van der Waals surface area contributed by atoms with Gasteiger partial charge in [-0.3, -0.25) is 0 Å². The van der Waals surface area contributed by atoms with E-state index in [1.807, 2.05) is 47.0 Å². The lowest BCUT2D eigenvalue weighted by atomic mass is 10.2. The van der Waals surface area contributed by atoms with Crippen LogP contribution in [0, 0.1) is 6.92 Å². The van der Waals surface area contributed by atoms with E-state index in [9.17, 15) is 0 Å². The Morgan fingerprint density at radius 2 is 1.43 bits per heavy atom. The van der Waals surface area contributed by atoms with Gasteiger partial charge < -0.3 is 0 Å². The van der Waals surface area contributed by atoms with Crippen LogP contribution in [0.4, 0.5) is 0 Å². The summed E-state index contributed by atoms with van der Waals surface area (Å²) in [5.41, 5.74) is 1.23. The van der Waals surface area contributed by atoms with Gasteiger partial charge in [0.1, 0.15) is 5.82 Å². The van der Waals surface area contributed by atoms with E-state index in [0.717, 1.165) is 18.7 Å². The highest BCUT2D eigenvalue weighted by molar-refractivity contribution is 5.04. The third-order valence-corrected chi connectivity index (χ3v) is 1.37. The van der Waals surface area contributed by atoms with Gasteiger partial charge in [0.2, 0.25) is 0 Å². The molecule has 0 saturated heterocycles. The van der Waals surface area contributed by atoms with E-state index in [1.54, 1.807) is 0 Å². The quantitative estimate of drug-likeness (QED) is 0.719. The van der Waals surface area contributed by atoms with Gasteiger partial charge >= 0.3 is 0 Å². The SMILES string of the molecule is CC.CC.CCCc1cnc(C)nc1. The zero-order valence-electron chi connectivity index (χ0n) is 10.5. The number of aryl methyl sites for hydroxylation is 2.